The van der Waals surface area contributed by atoms with Crippen LogP contribution in [-0.2, 0) is 6.54 Å². The molecule has 0 bridgehead atoms. The summed E-state index contributed by atoms with van der Waals surface area (Å²) in [5, 5.41) is 6.42. The van der Waals surface area contributed by atoms with E-state index in [0.29, 0.717) is 16.7 Å². The van der Waals surface area contributed by atoms with Crippen LogP contribution >= 0.6 is 15.9 Å². The molecule has 0 aliphatic carbocycles. The van der Waals surface area contributed by atoms with Crippen LogP contribution in [0, 0.1) is 13.8 Å². The van der Waals surface area contributed by atoms with Gasteiger partial charge in [0.2, 0.25) is 0 Å². The van der Waals surface area contributed by atoms with Crippen LogP contribution in [0.25, 0.3) is 21.8 Å². The Kier molecular flexibility index (Phi) is 6.63. The molecule has 0 spiro atoms. The molecule has 3 aromatic carbocycles. The molecular formula is C30H29BrN4O. The standard InChI is InChI=1S/C30H29BrN4O/c1-5-20(3)29-33-27-15-14-23(31)16-25(27)30(36)35(29)32-17-26-21(4)34(28-9-7-6-8-24(26)28)18-22-12-10-19(2)11-13-22/h6-17,20H,5,18H2,1-4H3/t20-/m1/s1. The van der Waals surface area contributed by atoms with Gasteiger partial charge in [-0.1, -0.05) is 77.8 Å². The lowest BCUT2D eigenvalue weighted by atomic mass is 10.1. The molecule has 0 aliphatic heterocycles. The topological polar surface area (TPSA) is 52.2 Å². The van der Waals surface area contributed by atoms with E-state index in [1.807, 2.05) is 30.5 Å². The summed E-state index contributed by atoms with van der Waals surface area (Å²) in [6.07, 6.45) is 2.68. The third kappa shape index (κ3) is 4.42. The molecule has 0 fully saturated rings. The lowest BCUT2D eigenvalue weighted by Gasteiger charge is -2.14. The van der Waals surface area contributed by atoms with Gasteiger partial charge in [0, 0.05) is 39.1 Å². The largest absolute Gasteiger partial charge is 0.340 e. The Hall–Kier alpha value is -3.51. The highest BCUT2D eigenvalue weighted by molar-refractivity contribution is 9.10. The van der Waals surface area contributed by atoms with E-state index in [-0.39, 0.29) is 11.5 Å². The first-order valence-corrected chi connectivity index (χ1v) is 13.1. The molecule has 0 unspecified atom stereocenters. The van der Waals surface area contributed by atoms with Crippen molar-refractivity contribution in [3.8, 4) is 0 Å². The number of rotatable bonds is 6. The molecule has 0 N–H and O–H groups in total. The van der Waals surface area contributed by atoms with Gasteiger partial charge in [0.05, 0.1) is 17.1 Å². The summed E-state index contributed by atoms with van der Waals surface area (Å²) in [4.78, 5) is 18.4. The number of aryl methyl sites for hydroxylation is 1. The van der Waals surface area contributed by atoms with Crippen LogP contribution in [0.1, 0.15) is 54.4 Å². The normalized spacial score (nSPS) is 12.7. The van der Waals surface area contributed by atoms with Gasteiger partial charge in [-0.25, -0.2) is 4.98 Å². The van der Waals surface area contributed by atoms with Crippen molar-refractivity contribution in [2.75, 3.05) is 0 Å². The molecule has 182 valence electrons. The minimum atomic E-state index is -0.158. The third-order valence-corrected chi connectivity index (χ3v) is 7.42. The van der Waals surface area contributed by atoms with E-state index in [2.05, 4.69) is 90.7 Å². The van der Waals surface area contributed by atoms with Gasteiger partial charge in [-0.15, -0.1) is 0 Å². The van der Waals surface area contributed by atoms with E-state index in [9.17, 15) is 4.79 Å². The van der Waals surface area contributed by atoms with E-state index >= 15 is 0 Å². The van der Waals surface area contributed by atoms with Crippen molar-refractivity contribution in [3.05, 3.63) is 110 Å². The highest BCUT2D eigenvalue weighted by Gasteiger charge is 2.17. The SMILES string of the molecule is CC[C@@H](C)c1nc2ccc(Br)cc2c(=O)n1N=Cc1c(C)n(Cc2ccc(C)cc2)c2ccccc12. The average Bonchev–Trinajstić information content (AvgIpc) is 3.15. The highest BCUT2D eigenvalue weighted by Crippen LogP contribution is 2.26. The molecule has 0 radical (unpaired) electrons. The summed E-state index contributed by atoms with van der Waals surface area (Å²) in [5.41, 5.74) is 6.28. The Balaban J connectivity index is 1.66. The van der Waals surface area contributed by atoms with E-state index in [1.54, 1.807) is 0 Å². The molecular weight excluding hydrogens is 512 g/mol. The molecule has 5 rings (SSSR count). The van der Waals surface area contributed by atoms with Crippen molar-refractivity contribution in [1.29, 1.82) is 0 Å². The molecule has 36 heavy (non-hydrogen) atoms. The number of hydrogen-bond donors (Lipinski definition) is 0. The van der Waals surface area contributed by atoms with E-state index in [1.165, 1.54) is 15.8 Å². The Morgan fingerprint density at radius 1 is 1.03 bits per heavy atom. The predicted molar refractivity (Wildman–Crippen MR) is 152 cm³/mol. The third-order valence-electron chi connectivity index (χ3n) is 6.93. The lowest BCUT2D eigenvalue weighted by Crippen LogP contribution is -2.23. The number of para-hydroxylation sites is 1. The van der Waals surface area contributed by atoms with Crippen molar-refractivity contribution in [2.45, 2.75) is 46.6 Å². The molecule has 2 heterocycles. The van der Waals surface area contributed by atoms with Crippen molar-refractivity contribution in [2.24, 2.45) is 5.10 Å². The van der Waals surface area contributed by atoms with Crippen LogP contribution in [0.2, 0.25) is 0 Å². The molecule has 6 heteroatoms. The maximum atomic E-state index is 13.5. The quantitative estimate of drug-likeness (QED) is 0.214. The van der Waals surface area contributed by atoms with Crippen molar-refractivity contribution < 1.29 is 0 Å². The molecule has 0 aliphatic rings. The molecule has 5 nitrogen and oxygen atoms in total. The van der Waals surface area contributed by atoms with Gasteiger partial charge < -0.3 is 4.57 Å². The van der Waals surface area contributed by atoms with Crippen LogP contribution in [0.5, 0.6) is 0 Å². The lowest BCUT2D eigenvalue weighted by molar-refractivity contribution is 0.613. The summed E-state index contributed by atoms with van der Waals surface area (Å²) in [6.45, 7) is 9.16. The van der Waals surface area contributed by atoms with Crippen molar-refractivity contribution >= 4 is 44.0 Å². The van der Waals surface area contributed by atoms with Gasteiger partial charge in [-0.05, 0) is 50.1 Å². The van der Waals surface area contributed by atoms with E-state index in [0.717, 1.165) is 39.6 Å². The van der Waals surface area contributed by atoms with Gasteiger partial charge in [-0.3, -0.25) is 4.79 Å². The summed E-state index contributed by atoms with van der Waals surface area (Å²) in [5.74, 6) is 0.765. The summed E-state index contributed by atoms with van der Waals surface area (Å²) in [7, 11) is 0. The average molecular weight is 541 g/mol. The number of hydrogen-bond acceptors (Lipinski definition) is 3. The van der Waals surface area contributed by atoms with Crippen molar-refractivity contribution in [3.63, 3.8) is 0 Å². The second kappa shape index (κ2) is 9.86. The Bertz CT molecular complexity index is 1660. The highest BCUT2D eigenvalue weighted by atomic mass is 79.9. The zero-order valence-corrected chi connectivity index (χ0v) is 22.6. The van der Waals surface area contributed by atoms with Crippen LogP contribution in [0.15, 0.2) is 81.1 Å². The summed E-state index contributed by atoms with van der Waals surface area (Å²) in [6, 6.07) is 22.6. The Morgan fingerprint density at radius 3 is 2.53 bits per heavy atom. The zero-order chi connectivity index (χ0) is 25.4. The van der Waals surface area contributed by atoms with Crippen LogP contribution in [0.4, 0.5) is 0 Å². The molecule has 2 aromatic heterocycles. The first-order valence-electron chi connectivity index (χ1n) is 12.3. The van der Waals surface area contributed by atoms with Gasteiger partial charge in [0.25, 0.3) is 5.56 Å². The molecule has 0 saturated carbocycles. The fourth-order valence-electron chi connectivity index (χ4n) is 4.60. The second-order valence-corrected chi connectivity index (χ2v) is 10.3. The minimum Gasteiger partial charge on any atom is -0.340 e. The number of aromatic nitrogens is 3. The van der Waals surface area contributed by atoms with Gasteiger partial charge >= 0.3 is 0 Å². The maximum absolute atomic E-state index is 13.5. The number of benzene rings is 3. The van der Waals surface area contributed by atoms with Crippen molar-refractivity contribution in [1.82, 2.24) is 14.2 Å². The molecule has 5 aromatic rings. The first-order chi connectivity index (χ1) is 17.4. The predicted octanol–water partition coefficient (Wildman–Crippen LogP) is 7.17. The Morgan fingerprint density at radius 2 is 1.78 bits per heavy atom. The van der Waals surface area contributed by atoms with Gasteiger partial charge in [0.15, 0.2) is 0 Å². The fraction of sp³-hybridized carbons (Fsp3) is 0.233. The fourth-order valence-corrected chi connectivity index (χ4v) is 4.96. The summed E-state index contributed by atoms with van der Waals surface area (Å²) < 4.78 is 4.64. The minimum absolute atomic E-state index is 0.0897. The van der Waals surface area contributed by atoms with E-state index in [4.69, 9.17) is 10.1 Å². The number of halogens is 1. The van der Waals surface area contributed by atoms with Gasteiger partial charge in [-0.2, -0.15) is 9.78 Å². The zero-order valence-electron chi connectivity index (χ0n) is 21.0. The summed E-state index contributed by atoms with van der Waals surface area (Å²) >= 11 is 3.48. The van der Waals surface area contributed by atoms with Crippen LogP contribution in [-0.4, -0.2) is 20.4 Å². The number of fused-ring (bicyclic) bond motifs is 2. The molecule has 0 saturated heterocycles. The molecule has 1 atom stereocenters. The van der Waals surface area contributed by atoms with Crippen LogP contribution in [0.3, 0.4) is 0 Å². The van der Waals surface area contributed by atoms with E-state index < -0.39 is 0 Å². The monoisotopic (exact) mass is 540 g/mol. The second-order valence-electron chi connectivity index (χ2n) is 9.39. The maximum Gasteiger partial charge on any atom is 0.282 e. The van der Waals surface area contributed by atoms with Crippen LogP contribution < -0.4 is 5.56 Å². The smallest absolute Gasteiger partial charge is 0.282 e. The molecule has 0 amide bonds. The first kappa shape index (κ1) is 24.2. The Labute approximate surface area is 219 Å². The number of nitrogens with zero attached hydrogens (tertiary/aromatic N) is 4. The van der Waals surface area contributed by atoms with Gasteiger partial charge in [0.1, 0.15) is 5.82 Å².